The average Bonchev–Trinajstić information content (AvgIpc) is 3.13. The summed E-state index contributed by atoms with van der Waals surface area (Å²) in [5, 5.41) is 4.21. The number of nitrogens with zero attached hydrogens (tertiary/aromatic N) is 4. The lowest BCUT2D eigenvalue weighted by atomic mass is 9.99. The predicted molar refractivity (Wildman–Crippen MR) is 92.1 cm³/mol. The Kier molecular flexibility index (Phi) is 5.47. The van der Waals surface area contributed by atoms with Crippen LogP contribution >= 0.6 is 0 Å². The highest BCUT2D eigenvalue weighted by molar-refractivity contribution is 5.76. The van der Waals surface area contributed by atoms with Crippen LogP contribution < -0.4 is 11.2 Å². The number of hydrogen-bond donors (Lipinski definition) is 1. The van der Waals surface area contributed by atoms with Gasteiger partial charge in [0.15, 0.2) is 0 Å². The number of amides is 1. The zero-order chi connectivity index (χ0) is 17.6. The molecule has 1 unspecified atom stereocenters. The van der Waals surface area contributed by atoms with E-state index in [0.717, 1.165) is 38.8 Å². The molecule has 3 rings (SSSR count). The first-order valence-electron chi connectivity index (χ1n) is 8.70. The summed E-state index contributed by atoms with van der Waals surface area (Å²) in [7, 11) is 0. The lowest BCUT2D eigenvalue weighted by Gasteiger charge is -2.36. The van der Waals surface area contributed by atoms with E-state index in [9.17, 15) is 14.4 Å². The van der Waals surface area contributed by atoms with E-state index in [1.807, 2.05) is 21.8 Å². The van der Waals surface area contributed by atoms with E-state index in [4.69, 9.17) is 0 Å². The number of aromatic amines is 1. The fourth-order valence-electron chi connectivity index (χ4n) is 3.32. The van der Waals surface area contributed by atoms with E-state index in [0.29, 0.717) is 0 Å². The number of piperidine rings is 1. The molecule has 1 aliphatic heterocycles. The second kappa shape index (κ2) is 7.96. The molecule has 8 heteroatoms. The summed E-state index contributed by atoms with van der Waals surface area (Å²) in [5.41, 5.74) is -0.906. The Morgan fingerprint density at radius 1 is 1.24 bits per heavy atom. The Bertz CT molecular complexity index is 808. The largest absolute Gasteiger partial charge is 0.340 e. The zero-order valence-electron chi connectivity index (χ0n) is 14.1. The summed E-state index contributed by atoms with van der Waals surface area (Å²) >= 11 is 0. The first kappa shape index (κ1) is 17.2. The van der Waals surface area contributed by atoms with Gasteiger partial charge in [0.1, 0.15) is 0 Å². The number of hydrogen-bond acceptors (Lipinski definition) is 4. The monoisotopic (exact) mass is 345 g/mol. The summed E-state index contributed by atoms with van der Waals surface area (Å²) < 4.78 is 3.25. The van der Waals surface area contributed by atoms with Crippen LogP contribution in [0.2, 0.25) is 0 Å². The Morgan fingerprint density at radius 2 is 2.12 bits per heavy atom. The molecule has 1 saturated heterocycles. The van der Waals surface area contributed by atoms with Gasteiger partial charge in [-0.1, -0.05) is 0 Å². The van der Waals surface area contributed by atoms with Crippen molar-refractivity contribution >= 4 is 5.91 Å². The molecule has 1 atom stereocenters. The third-order valence-electron chi connectivity index (χ3n) is 4.66. The molecule has 8 nitrogen and oxygen atoms in total. The van der Waals surface area contributed by atoms with Gasteiger partial charge in [-0.05, 0) is 31.7 Å². The molecule has 0 aromatic carbocycles. The minimum atomic E-state index is -0.478. The van der Waals surface area contributed by atoms with Crippen LogP contribution in [0.15, 0.2) is 40.3 Å². The molecule has 25 heavy (non-hydrogen) atoms. The van der Waals surface area contributed by atoms with Crippen LogP contribution in [0.1, 0.15) is 32.1 Å². The van der Waals surface area contributed by atoms with E-state index in [1.54, 1.807) is 6.20 Å². The van der Waals surface area contributed by atoms with Crippen LogP contribution in [-0.2, 0) is 17.9 Å². The molecule has 1 N–H and O–H groups in total. The number of nitrogens with one attached hydrogen (secondary N) is 1. The van der Waals surface area contributed by atoms with Crippen LogP contribution in [0.4, 0.5) is 0 Å². The number of H-pyrrole nitrogens is 1. The van der Waals surface area contributed by atoms with E-state index >= 15 is 0 Å². The van der Waals surface area contributed by atoms with E-state index in [-0.39, 0.29) is 24.9 Å². The van der Waals surface area contributed by atoms with Gasteiger partial charge in [0, 0.05) is 56.8 Å². The molecular formula is C17H23N5O3. The van der Waals surface area contributed by atoms with Crippen molar-refractivity contribution in [3.8, 4) is 0 Å². The quantitative estimate of drug-likeness (QED) is 0.829. The highest BCUT2D eigenvalue weighted by Crippen LogP contribution is 2.21. The molecule has 3 heterocycles. The van der Waals surface area contributed by atoms with Gasteiger partial charge in [-0.15, -0.1) is 0 Å². The Labute approximate surface area is 145 Å². The highest BCUT2D eigenvalue weighted by Gasteiger charge is 2.26. The molecule has 1 amide bonds. The van der Waals surface area contributed by atoms with Crippen molar-refractivity contribution < 1.29 is 4.79 Å². The maximum Gasteiger partial charge on any atom is 0.328 e. The van der Waals surface area contributed by atoms with E-state index < -0.39 is 11.2 Å². The number of carbonyl (C=O) groups is 1. The number of carbonyl (C=O) groups excluding carboxylic acids is 1. The van der Waals surface area contributed by atoms with Crippen LogP contribution in [0.25, 0.3) is 0 Å². The lowest BCUT2D eigenvalue weighted by Crippen LogP contribution is -2.44. The molecule has 0 saturated carbocycles. The van der Waals surface area contributed by atoms with Gasteiger partial charge in [-0.2, -0.15) is 5.10 Å². The lowest BCUT2D eigenvalue weighted by molar-refractivity contribution is -0.135. The van der Waals surface area contributed by atoms with Crippen molar-refractivity contribution in [2.75, 3.05) is 6.54 Å². The van der Waals surface area contributed by atoms with E-state index in [2.05, 4.69) is 10.1 Å². The molecular weight excluding hydrogens is 322 g/mol. The molecule has 0 radical (unpaired) electrons. The summed E-state index contributed by atoms with van der Waals surface area (Å²) in [5.74, 6) is 0.0586. The fraction of sp³-hybridized carbons (Fsp3) is 0.529. The van der Waals surface area contributed by atoms with Crippen molar-refractivity contribution in [2.45, 2.75) is 51.2 Å². The minimum Gasteiger partial charge on any atom is -0.340 e. The maximum absolute atomic E-state index is 12.6. The molecule has 2 aromatic heterocycles. The maximum atomic E-state index is 12.6. The van der Waals surface area contributed by atoms with Crippen LogP contribution in [0.5, 0.6) is 0 Å². The second-order valence-electron chi connectivity index (χ2n) is 6.35. The standard InChI is InChI=1S/C17H23N5O3/c23-15-6-11-20(17(25)19-15)12-7-16(24)22-10-2-1-4-14(22)5-13-21-9-3-8-18-21/h3,6,8-9,11,14H,1-2,4-5,7,10,12-13H2,(H,19,23,25). The van der Waals surface area contributed by atoms with Crippen molar-refractivity contribution in [3.63, 3.8) is 0 Å². The van der Waals surface area contributed by atoms with Gasteiger partial charge < -0.3 is 9.47 Å². The first-order chi connectivity index (χ1) is 12.1. The number of aromatic nitrogens is 4. The SMILES string of the molecule is O=C(CCn1ccc(=O)[nH]c1=O)N1CCCCC1CCn1cccn1. The number of aryl methyl sites for hydroxylation is 2. The summed E-state index contributed by atoms with van der Waals surface area (Å²) in [6.45, 7) is 1.83. The summed E-state index contributed by atoms with van der Waals surface area (Å²) in [6.07, 6.45) is 9.40. The van der Waals surface area contributed by atoms with Gasteiger partial charge in [0.05, 0.1) is 0 Å². The molecule has 1 fully saturated rings. The molecule has 0 bridgehead atoms. The van der Waals surface area contributed by atoms with Gasteiger partial charge in [-0.3, -0.25) is 19.3 Å². The van der Waals surface area contributed by atoms with Crippen molar-refractivity contribution in [2.24, 2.45) is 0 Å². The van der Waals surface area contributed by atoms with Gasteiger partial charge in [-0.25, -0.2) is 4.79 Å². The van der Waals surface area contributed by atoms with E-state index in [1.165, 1.54) is 16.8 Å². The number of rotatable bonds is 6. The Balaban J connectivity index is 1.58. The Hall–Kier alpha value is -2.64. The van der Waals surface area contributed by atoms with Crippen molar-refractivity contribution in [1.82, 2.24) is 24.2 Å². The summed E-state index contributed by atoms with van der Waals surface area (Å²) in [6, 6.07) is 3.41. The molecule has 2 aromatic rings. The summed E-state index contributed by atoms with van der Waals surface area (Å²) in [4.78, 5) is 39.6. The van der Waals surface area contributed by atoms with Crippen molar-refractivity contribution in [3.05, 3.63) is 51.6 Å². The molecule has 0 aliphatic carbocycles. The minimum absolute atomic E-state index is 0.0586. The predicted octanol–water partition coefficient (Wildman–Crippen LogP) is 0.595. The third-order valence-corrected chi connectivity index (χ3v) is 4.66. The second-order valence-corrected chi connectivity index (χ2v) is 6.35. The first-order valence-corrected chi connectivity index (χ1v) is 8.70. The molecule has 0 spiro atoms. The molecule has 134 valence electrons. The van der Waals surface area contributed by atoms with Gasteiger partial charge in [0.25, 0.3) is 5.56 Å². The van der Waals surface area contributed by atoms with Gasteiger partial charge >= 0.3 is 5.69 Å². The van der Waals surface area contributed by atoms with Crippen LogP contribution in [-0.4, -0.2) is 42.7 Å². The molecule has 1 aliphatic rings. The number of likely N-dealkylation sites (tertiary alicyclic amines) is 1. The smallest absolute Gasteiger partial charge is 0.328 e. The van der Waals surface area contributed by atoms with Crippen LogP contribution in [0.3, 0.4) is 0 Å². The average molecular weight is 345 g/mol. The fourth-order valence-corrected chi connectivity index (χ4v) is 3.32. The highest BCUT2D eigenvalue weighted by atomic mass is 16.2. The van der Waals surface area contributed by atoms with Crippen LogP contribution in [0, 0.1) is 0 Å². The third kappa shape index (κ3) is 4.46. The topological polar surface area (TPSA) is 93.0 Å². The normalized spacial score (nSPS) is 17.6. The van der Waals surface area contributed by atoms with Crippen molar-refractivity contribution in [1.29, 1.82) is 0 Å². The Morgan fingerprint density at radius 3 is 2.88 bits per heavy atom. The van der Waals surface area contributed by atoms with Gasteiger partial charge in [0.2, 0.25) is 5.91 Å². The zero-order valence-corrected chi connectivity index (χ0v) is 14.1.